The summed E-state index contributed by atoms with van der Waals surface area (Å²) < 4.78 is 5.81. The topological polar surface area (TPSA) is 71.3 Å². The number of nitrogens with one attached hydrogen (secondary N) is 1. The van der Waals surface area contributed by atoms with Crippen LogP contribution in [0.2, 0.25) is 0 Å². The predicted octanol–water partition coefficient (Wildman–Crippen LogP) is 3.55. The number of rotatable bonds is 5. The zero-order valence-electron chi connectivity index (χ0n) is 16.5. The molecular formula is C22H28N4O2. The summed E-state index contributed by atoms with van der Waals surface area (Å²) in [5, 5.41) is 11.4. The van der Waals surface area contributed by atoms with Crippen molar-refractivity contribution in [2.24, 2.45) is 5.41 Å². The van der Waals surface area contributed by atoms with Crippen LogP contribution in [0.25, 0.3) is 0 Å². The fourth-order valence-electron chi connectivity index (χ4n) is 4.86. The summed E-state index contributed by atoms with van der Waals surface area (Å²) in [5.41, 5.74) is 3.41. The number of anilines is 1. The minimum Gasteiger partial charge on any atom is -0.408 e. The van der Waals surface area contributed by atoms with E-state index in [1.54, 1.807) is 0 Å². The first kappa shape index (κ1) is 17.7. The first-order chi connectivity index (χ1) is 13.6. The lowest BCUT2D eigenvalue weighted by Gasteiger charge is -2.33. The van der Waals surface area contributed by atoms with Crippen LogP contribution in [-0.2, 0) is 17.6 Å². The lowest BCUT2D eigenvalue weighted by molar-refractivity contribution is -0.133. The number of aryl methyl sites for hydroxylation is 1. The molecule has 5 rings (SSSR count). The highest BCUT2D eigenvalue weighted by Crippen LogP contribution is 2.53. The zero-order chi connectivity index (χ0) is 19.1. The van der Waals surface area contributed by atoms with Crippen molar-refractivity contribution in [1.29, 1.82) is 0 Å². The molecule has 1 saturated heterocycles. The van der Waals surface area contributed by atoms with Gasteiger partial charge in [0.25, 0.3) is 0 Å². The largest absolute Gasteiger partial charge is 0.408 e. The lowest BCUT2D eigenvalue weighted by Crippen LogP contribution is -2.45. The van der Waals surface area contributed by atoms with Crippen molar-refractivity contribution in [2.75, 3.05) is 18.4 Å². The Labute approximate surface area is 165 Å². The van der Waals surface area contributed by atoms with Gasteiger partial charge in [-0.15, -0.1) is 5.10 Å². The van der Waals surface area contributed by atoms with E-state index in [-0.39, 0.29) is 11.9 Å². The first-order valence-electron chi connectivity index (χ1n) is 10.6. The summed E-state index contributed by atoms with van der Waals surface area (Å²) in [6, 6.07) is 8.59. The Hall–Kier alpha value is -2.37. The van der Waals surface area contributed by atoms with E-state index in [9.17, 15) is 4.79 Å². The Balaban J connectivity index is 1.17. The average Bonchev–Trinajstić information content (AvgIpc) is 3.13. The Kier molecular flexibility index (Phi) is 4.37. The van der Waals surface area contributed by atoms with Gasteiger partial charge in [0.05, 0.1) is 0 Å². The fraction of sp³-hybridized carbons (Fsp3) is 0.591. The van der Waals surface area contributed by atoms with E-state index in [1.165, 1.54) is 24.0 Å². The maximum Gasteiger partial charge on any atom is 0.316 e. The summed E-state index contributed by atoms with van der Waals surface area (Å²) in [6.07, 6.45) is 7.98. The maximum absolute atomic E-state index is 12.7. The van der Waals surface area contributed by atoms with Crippen LogP contribution in [-0.4, -0.2) is 40.1 Å². The molecule has 3 aliphatic rings. The molecule has 1 N–H and O–H groups in total. The first-order valence-corrected chi connectivity index (χ1v) is 10.6. The number of likely N-dealkylation sites (tertiary alicyclic amines) is 1. The molecule has 1 aliphatic heterocycles. The Morgan fingerprint density at radius 3 is 2.82 bits per heavy atom. The summed E-state index contributed by atoms with van der Waals surface area (Å²) in [5.74, 6) is 1.20. The quantitative estimate of drug-likeness (QED) is 0.859. The van der Waals surface area contributed by atoms with Crippen LogP contribution in [0.3, 0.4) is 0 Å². The van der Waals surface area contributed by atoms with Gasteiger partial charge in [-0.1, -0.05) is 29.4 Å². The number of carbonyl (C=O) groups excluding carboxylic acids is 1. The second-order valence-electron chi connectivity index (χ2n) is 8.83. The SMILES string of the molecule is C[C@@H](Nc1nnc(CC2CCc3ccccc32)o1)C(=O)N1CCC2(CC1)CC2. The number of amides is 1. The third kappa shape index (κ3) is 3.40. The average molecular weight is 380 g/mol. The van der Waals surface area contributed by atoms with Gasteiger partial charge < -0.3 is 14.6 Å². The van der Waals surface area contributed by atoms with Crippen LogP contribution in [0.15, 0.2) is 28.7 Å². The molecule has 0 bridgehead atoms. The maximum atomic E-state index is 12.7. The van der Waals surface area contributed by atoms with E-state index < -0.39 is 0 Å². The number of nitrogens with zero attached hydrogens (tertiary/aromatic N) is 3. The number of carbonyl (C=O) groups is 1. The molecule has 2 fully saturated rings. The van der Waals surface area contributed by atoms with Crippen LogP contribution in [0, 0.1) is 5.41 Å². The molecule has 2 atom stereocenters. The molecule has 6 heteroatoms. The lowest BCUT2D eigenvalue weighted by atomic mass is 9.93. The molecule has 148 valence electrons. The van der Waals surface area contributed by atoms with Gasteiger partial charge in [-0.2, -0.15) is 0 Å². The smallest absolute Gasteiger partial charge is 0.316 e. The van der Waals surface area contributed by atoms with E-state index in [0.717, 1.165) is 45.2 Å². The number of hydrogen-bond donors (Lipinski definition) is 1. The van der Waals surface area contributed by atoms with Crippen LogP contribution in [0.4, 0.5) is 6.01 Å². The van der Waals surface area contributed by atoms with Crippen molar-refractivity contribution < 1.29 is 9.21 Å². The van der Waals surface area contributed by atoms with Crippen molar-refractivity contribution in [1.82, 2.24) is 15.1 Å². The van der Waals surface area contributed by atoms with Crippen molar-refractivity contribution in [2.45, 2.75) is 63.8 Å². The molecule has 1 amide bonds. The van der Waals surface area contributed by atoms with Crippen LogP contribution < -0.4 is 5.32 Å². The fourth-order valence-corrected chi connectivity index (χ4v) is 4.86. The van der Waals surface area contributed by atoms with Gasteiger partial charge >= 0.3 is 6.01 Å². The van der Waals surface area contributed by atoms with Gasteiger partial charge in [0.1, 0.15) is 6.04 Å². The highest BCUT2D eigenvalue weighted by molar-refractivity contribution is 5.83. The molecular weight excluding hydrogens is 352 g/mol. The highest BCUT2D eigenvalue weighted by Gasteiger charge is 2.45. The van der Waals surface area contributed by atoms with E-state index >= 15 is 0 Å². The van der Waals surface area contributed by atoms with E-state index in [2.05, 4.69) is 39.8 Å². The van der Waals surface area contributed by atoms with Crippen LogP contribution in [0.5, 0.6) is 0 Å². The molecule has 2 aromatic rings. The standard InChI is InChI=1S/C22H28N4O2/c1-15(20(27)26-12-10-22(8-9-22)11-13-26)23-21-25-24-19(28-21)14-17-7-6-16-4-2-3-5-18(16)17/h2-5,15,17H,6-14H2,1H3,(H,23,25)/t15-,17?/m1/s1. The zero-order valence-corrected chi connectivity index (χ0v) is 16.5. The minimum absolute atomic E-state index is 0.125. The van der Waals surface area contributed by atoms with Gasteiger partial charge in [-0.05, 0) is 67.9 Å². The number of benzene rings is 1. The molecule has 1 spiro atoms. The van der Waals surface area contributed by atoms with Crippen molar-refractivity contribution in [3.8, 4) is 0 Å². The molecule has 1 unspecified atom stereocenters. The monoisotopic (exact) mass is 380 g/mol. The number of piperidine rings is 1. The Bertz CT molecular complexity index is 863. The van der Waals surface area contributed by atoms with Crippen LogP contribution >= 0.6 is 0 Å². The molecule has 1 aromatic carbocycles. The summed E-state index contributed by atoms with van der Waals surface area (Å²) in [7, 11) is 0. The Morgan fingerprint density at radius 1 is 1.25 bits per heavy atom. The third-order valence-corrected chi connectivity index (χ3v) is 6.95. The molecule has 2 heterocycles. The van der Waals surface area contributed by atoms with Gasteiger partial charge in [-0.25, -0.2) is 0 Å². The molecule has 28 heavy (non-hydrogen) atoms. The number of aromatic nitrogens is 2. The van der Waals surface area contributed by atoms with E-state index in [0.29, 0.717) is 23.2 Å². The van der Waals surface area contributed by atoms with Gasteiger partial charge in [-0.3, -0.25) is 4.79 Å². The summed E-state index contributed by atoms with van der Waals surface area (Å²) >= 11 is 0. The van der Waals surface area contributed by atoms with Crippen molar-refractivity contribution >= 4 is 11.9 Å². The predicted molar refractivity (Wildman–Crippen MR) is 106 cm³/mol. The molecule has 1 aromatic heterocycles. The number of fused-ring (bicyclic) bond motifs is 1. The van der Waals surface area contributed by atoms with Gasteiger partial charge in [0.2, 0.25) is 11.8 Å². The number of hydrogen-bond acceptors (Lipinski definition) is 5. The molecule has 6 nitrogen and oxygen atoms in total. The van der Waals surface area contributed by atoms with Gasteiger partial charge in [0.15, 0.2) is 0 Å². The minimum atomic E-state index is -0.353. The third-order valence-electron chi connectivity index (χ3n) is 6.95. The molecule has 2 aliphatic carbocycles. The Morgan fingerprint density at radius 2 is 2.04 bits per heavy atom. The summed E-state index contributed by atoms with van der Waals surface area (Å²) in [6.45, 7) is 3.63. The molecule has 0 radical (unpaired) electrons. The van der Waals surface area contributed by atoms with Crippen molar-refractivity contribution in [3.05, 3.63) is 41.3 Å². The second kappa shape index (κ2) is 6.90. The van der Waals surface area contributed by atoms with Crippen LogP contribution in [0.1, 0.15) is 62.0 Å². The normalized spacial score (nSPS) is 23.5. The van der Waals surface area contributed by atoms with Gasteiger partial charge in [0, 0.05) is 19.5 Å². The van der Waals surface area contributed by atoms with E-state index in [4.69, 9.17) is 4.42 Å². The highest BCUT2D eigenvalue weighted by atomic mass is 16.4. The second-order valence-corrected chi connectivity index (χ2v) is 8.83. The van der Waals surface area contributed by atoms with Crippen molar-refractivity contribution in [3.63, 3.8) is 0 Å². The van der Waals surface area contributed by atoms with E-state index in [1.807, 2.05) is 11.8 Å². The summed E-state index contributed by atoms with van der Waals surface area (Å²) in [4.78, 5) is 14.7. The molecule has 1 saturated carbocycles.